The predicted octanol–water partition coefficient (Wildman–Crippen LogP) is 4.73. The lowest BCUT2D eigenvalue weighted by atomic mass is 9.86. The van der Waals surface area contributed by atoms with Crippen LogP contribution in [0.25, 0.3) is 5.57 Å². The van der Waals surface area contributed by atoms with Gasteiger partial charge in [0.25, 0.3) is 0 Å². The monoisotopic (exact) mass is 235 g/mol. The van der Waals surface area contributed by atoms with Gasteiger partial charge in [0.2, 0.25) is 0 Å². The SMILES string of the molecule is CCC1=CC(C)(CC)Nc2cc(Cl)ccc21. The first-order chi connectivity index (χ1) is 7.58. The molecule has 1 aromatic rings. The van der Waals surface area contributed by atoms with Crippen molar-refractivity contribution >= 4 is 22.9 Å². The van der Waals surface area contributed by atoms with Crippen molar-refractivity contribution in [2.45, 2.75) is 39.2 Å². The van der Waals surface area contributed by atoms with Crippen LogP contribution in [0.1, 0.15) is 39.2 Å². The van der Waals surface area contributed by atoms with E-state index in [1.807, 2.05) is 12.1 Å². The molecule has 1 aliphatic rings. The summed E-state index contributed by atoms with van der Waals surface area (Å²) in [6, 6.07) is 6.09. The molecule has 1 aliphatic heterocycles. The van der Waals surface area contributed by atoms with E-state index in [2.05, 4.69) is 38.2 Å². The van der Waals surface area contributed by atoms with E-state index in [-0.39, 0.29) is 5.54 Å². The van der Waals surface area contributed by atoms with E-state index in [1.165, 1.54) is 11.1 Å². The number of allylic oxidation sites excluding steroid dienone is 1. The number of anilines is 1. The number of hydrogen-bond acceptors (Lipinski definition) is 1. The van der Waals surface area contributed by atoms with E-state index in [0.29, 0.717) is 0 Å². The molecule has 86 valence electrons. The lowest BCUT2D eigenvalue weighted by Gasteiger charge is -2.34. The Hall–Kier alpha value is -0.950. The van der Waals surface area contributed by atoms with Gasteiger partial charge in [-0.05, 0) is 37.5 Å². The third-order valence-electron chi connectivity index (χ3n) is 3.36. The van der Waals surface area contributed by atoms with E-state index in [4.69, 9.17) is 11.6 Å². The highest BCUT2D eigenvalue weighted by Crippen LogP contribution is 2.37. The second-order valence-electron chi connectivity index (χ2n) is 4.61. The maximum Gasteiger partial charge on any atom is 0.0531 e. The normalized spacial score (nSPS) is 23.4. The molecule has 0 aromatic heterocycles. The molecule has 1 unspecified atom stereocenters. The second kappa shape index (κ2) is 4.14. The van der Waals surface area contributed by atoms with Crippen LogP contribution >= 0.6 is 11.6 Å². The van der Waals surface area contributed by atoms with Gasteiger partial charge in [0.1, 0.15) is 0 Å². The standard InChI is InChI=1S/C14H18ClN/c1-4-10-9-14(3,5-2)16-13-8-11(15)6-7-12(10)13/h6-9,16H,4-5H2,1-3H3. The molecule has 0 aliphatic carbocycles. The average molecular weight is 236 g/mol. The molecule has 16 heavy (non-hydrogen) atoms. The minimum atomic E-state index is 0.0586. The summed E-state index contributed by atoms with van der Waals surface area (Å²) in [5.74, 6) is 0. The summed E-state index contributed by atoms with van der Waals surface area (Å²) in [6.07, 6.45) is 4.48. The van der Waals surface area contributed by atoms with Crippen molar-refractivity contribution < 1.29 is 0 Å². The van der Waals surface area contributed by atoms with Crippen molar-refractivity contribution in [1.82, 2.24) is 0 Å². The van der Waals surface area contributed by atoms with Crippen LogP contribution in [0.2, 0.25) is 5.02 Å². The zero-order valence-electron chi connectivity index (χ0n) is 10.1. The quantitative estimate of drug-likeness (QED) is 0.782. The minimum Gasteiger partial charge on any atom is -0.376 e. The van der Waals surface area contributed by atoms with Crippen LogP contribution in [0.15, 0.2) is 24.3 Å². The Labute approximate surface area is 103 Å². The number of benzene rings is 1. The molecule has 0 amide bonds. The van der Waals surface area contributed by atoms with Crippen molar-refractivity contribution in [3.05, 3.63) is 34.9 Å². The molecule has 0 radical (unpaired) electrons. The highest BCUT2D eigenvalue weighted by Gasteiger charge is 2.26. The molecule has 0 fully saturated rings. The second-order valence-corrected chi connectivity index (χ2v) is 5.05. The van der Waals surface area contributed by atoms with E-state index in [9.17, 15) is 0 Å². The molecule has 1 atom stereocenters. The third kappa shape index (κ3) is 1.97. The molecule has 0 spiro atoms. The Balaban J connectivity index is 2.52. The number of halogens is 1. The molecule has 0 saturated carbocycles. The molecule has 0 bridgehead atoms. The van der Waals surface area contributed by atoms with E-state index in [1.54, 1.807) is 0 Å². The summed E-state index contributed by atoms with van der Waals surface area (Å²) in [4.78, 5) is 0. The molecule has 0 saturated heterocycles. The van der Waals surface area contributed by atoms with Gasteiger partial charge in [0.15, 0.2) is 0 Å². The average Bonchev–Trinajstić information content (AvgIpc) is 2.27. The molecule has 2 rings (SSSR count). The van der Waals surface area contributed by atoms with Gasteiger partial charge in [-0.2, -0.15) is 0 Å². The van der Waals surface area contributed by atoms with Gasteiger partial charge >= 0.3 is 0 Å². The topological polar surface area (TPSA) is 12.0 Å². The maximum absolute atomic E-state index is 6.04. The van der Waals surface area contributed by atoms with Gasteiger partial charge in [-0.25, -0.2) is 0 Å². The summed E-state index contributed by atoms with van der Waals surface area (Å²) in [5, 5.41) is 4.36. The zero-order chi connectivity index (χ0) is 11.8. The summed E-state index contributed by atoms with van der Waals surface area (Å²) < 4.78 is 0. The lowest BCUT2D eigenvalue weighted by Crippen LogP contribution is -2.34. The van der Waals surface area contributed by atoms with Crippen LogP contribution in [-0.4, -0.2) is 5.54 Å². The van der Waals surface area contributed by atoms with Gasteiger partial charge in [-0.3, -0.25) is 0 Å². The molecular weight excluding hydrogens is 218 g/mol. The number of hydrogen-bond donors (Lipinski definition) is 1. The summed E-state index contributed by atoms with van der Waals surface area (Å²) >= 11 is 6.04. The van der Waals surface area contributed by atoms with Gasteiger partial charge in [0, 0.05) is 16.3 Å². The summed E-state index contributed by atoms with van der Waals surface area (Å²) in [7, 11) is 0. The van der Waals surface area contributed by atoms with Crippen molar-refractivity contribution in [3.8, 4) is 0 Å². The van der Waals surface area contributed by atoms with Crippen molar-refractivity contribution in [2.75, 3.05) is 5.32 Å². The highest BCUT2D eigenvalue weighted by molar-refractivity contribution is 6.31. The Morgan fingerprint density at radius 2 is 2.06 bits per heavy atom. The van der Waals surface area contributed by atoms with Crippen LogP contribution in [0, 0.1) is 0 Å². The Bertz CT molecular complexity index is 436. The predicted molar refractivity (Wildman–Crippen MR) is 72.0 cm³/mol. The number of nitrogens with one attached hydrogen (secondary N) is 1. The molecule has 1 aromatic carbocycles. The minimum absolute atomic E-state index is 0.0586. The number of fused-ring (bicyclic) bond motifs is 1. The molecular formula is C14H18ClN. The Kier molecular flexibility index (Phi) is 2.98. The van der Waals surface area contributed by atoms with Gasteiger partial charge in [-0.1, -0.05) is 37.6 Å². The first kappa shape index (κ1) is 11.5. The van der Waals surface area contributed by atoms with Crippen LogP contribution in [0.4, 0.5) is 5.69 Å². The van der Waals surface area contributed by atoms with E-state index < -0.39 is 0 Å². The summed E-state index contributed by atoms with van der Waals surface area (Å²) in [5.41, 5.74) is 3.92. The van der Waals surface area contributed by atoms with Crippen molar-refractivity contribution in [3.63, 3.8) is 0 Å². The number of rotatable bonds is 2. The molecule has 1 N–H and O–H groups in total. The Morgan fingerprint density at radius 1 is 1.31 bits per heavy atom. The fourth-order valence-electron chi connectivity index (χ4n) is 2.19. The summed E-state index contributed by atoms with van der Waals surface area (Å²) in [6.45, 7) is 6.63. The van der Waals surface area contributed by atoms with Crippen LogP contribution < -0.4 is 5.32 Å². The van der Waals surface area contributed by atoms with Crippen molar-refractivity contribution in [1.29, 1.82) is 0 Å². The van der Waals surface area contributed by atoms with Gasteiger partial charge < -0.3 is 5.32 Å². The third-order valence-corrected chi connectivity index (χ3v) is 3.59. The van der Waals surface area contributed by atoms with Crippen molar-refractivity contribution in [2.24, 2.45) is 0 Å². The molecule has 1 nitrogen and oxygen atoms in total. The van der Waals surface area contributed by atoms with E-state index >= 15 is 0 Å². The first-order valence-electron chi connectivity index (χ1n) is 5.88. The van der Waals surface area contributed by atoms with Gasteiger partial charge in [-0.15, -0.1) is 0 Å². The highest BCUT2D eigenvalue weighted by atomic mass is 35.5. The van der Waals surface area contributed by atoms with Crippen LogP contribution in [0.3, 0.4) is 0 Å². The first-order valence-corrected chi connectivity index (χ1v) is 6.25. The fraction of sp³-hybridized carbons (Fsp3) is 0.429. The Morgan fingerprint density at radius 3 is 2.69 bits per heavy atom. The largest absolute Gasteiger partial charge is 0.376 e. The fourth-order valence-corrected chi connectivity index (χ4v) is 2.36. The van der Waals surface area contributed by atoms with Crippen LogP contribution in [-0.2, 0) is 0 Å². The molecule has 2 heteroatoms. The smallest absolute Gasteiger partial charge is 0.0531 e. The van der Waals surface area contributed by atoms with E-state index in [0.717, 1.165) is 23.6 Å². The lowest BCUT2D eigenvalue weighted by molar-refractivity contribution is 0.607. The zero-order valence-corrected chi connectivity index (χ0v) is 10.9. The molecule has 1 heterocycles. The maximum atomic E-state index is 6.04. The van der Waals surface area contributed by atoms with Crippen LogP contribution in [0.5, 0.6) is 0 Å². The van der Waals surface area contributed by atoms with Gasteiger partial charge in [0.05, 0.1) is 5.54 Å².